The summed E-state index contributed by atoms with van der Waals surface area (Å²) in [6, 6.07) is 13.3. The fourth-order valence-corrected chi connectivity index (χ4v) is 5.08. The maximum atomic E-state index is 12.8. The van der Waals surface area contributed by atoms with E-state index in [0.29, 0.717) is 25.1 Å². The molecule has 38 heavy (non-hydrogen) atoms. The Morgan fingerprint density at radius 2 is 1.79 bits per heavy atom. The van der Waals surface area contributed by atoms with Crippen molar-refractivity contribution in [3.8, 4) is 23.0 Å². The van der Waals surface area contributed by atoms with Gasteiger partial charge in [0.05, 0.1) is 16.9 Å². The monoisotopic (exact) mass is 548 g/mol. The van der Waals surface area contributed by atoms with Gasteiger partial charge in [-0.2, -0.15) is 23.3 Å². The van der Waals surface area contributed by atoms with Gasteiger partial charge in [-0.05, 0) is 61.2 Å². The molecule has 14 heteroatoms. The van der Waals surface area contributed by atoms with E-state index in [1.54, 1.807) is 10.7 Å². The third-order valence-electron chi connectivity index (χ3n) is 6.68. The van der Waals surface area contributed by atoms with Crippen molar-refractivity contribution in [1.82, 2.24) is 19.9 Å². The molecule has 4 aromatic rings. The zero-order chi connectivity index (χ0) is 27.5. The van der Waals surface area contributed by atoms with Crippen molar-refractivity contribution in [2.75, 3.05) is 0 Å². The highest BCUT2D eigenvalue weighted by molar-refractivity contribution is 7.92. The molecule has 0 bridgehead atoms. The van der Waals surface area contributed by atoms with Gasteiger partial charge in [0.25, 0.3) is 15.7 Å². The van der Waals surface area contributed by atoms with Crippen molar-refractivity contribution in [2.24, 2.45) is 11.5 Å². The van der Waals surface area contributed by atoms with Crippen molar-refractivity contribution in [1.29, 1.82) is 0 Å². The Labute approximate surface area is 215 Å². The largest absolute Gasteiger partial charge is 0.501 e. The average Bonchev–Trinajstić information content (AvgIpc) is 3.41. The summed E-state index contributed by atoms with van der Waals surface area (Å²) < 4.78 is 68.5. The van der Waals surface area contributed by atoms with Gasteiger partial charge in [0, 0.05) is 11.3 Å². The first-order valence-electron chi connectivity index (χ1n) is 11.4. The molecule has 200 valence electrons. The standard InChI is InChI=1S/C24H23F3N6O4S/c1-14-11-19(31-33(14)13-15-3-2-4-17(12-15)22(9-10-22)23(28,29)34)21-30-20(32-37-21)16-5-7-18(8-6-16)38(35,36)24(25,26)27/h2-8,11-12,34H,9-10,13,28-29H2,1H3. The molecule has 0 unspecified atom stereocenters. The van der Waals surface area contributed by atoms with Crippen LogP contribution in [0.15, 0.2) is 64.0 Å². The van der Waals surface area contributed by atoms with E-state index < -0.39 is 31.5 Å². The molecule has 0 atom stereocenters. The highest BCUT2D eigenvalue weighted by atomic mass is 32.2. The van der Waals surface area contributed by atoms with Crippen LogP contribution in [-0.2, 0) is 21.8 Å². The molecule has 5 rings (SSSR count). The molecule has 2 heterocycles. The minimum atomic E-state index is -5.46. The topological polar surface area (TPSA) is 163 Å². The fourth-order valence-electron chi connectivity index (χ4n) is 4.32. The van der Waals surface area contributed by atoms with Gasteiger partial charge in [-0.25, -0.2) is 8.42 Å². The number of hydrogen-bond acceptors (Lipinski definition) is 9. The molecular formula is C24H23F3N6O4S. The summed E-state index contributed by atoms with van der Waals surface area (Å²) in [5.41, 5.74) is 8.75. The number of nitrogens with zero attached hydrogens (tertiary/aromatic N) is 4. The summed E-state index contributed by atoms with van der Waals surface area (Å²) >= 11 is 0. The first kappa shape index (κ1) is 26.0. The number of aliphatic hydroxyl groups is 1. The molecule has 2 aromatic heterocycles. The van der Waals surface area contributed by atoms with Crippen LogP contribution in [0.5, 0.6) is 0 Å². The molecular weight excluding hydrogens is 525 g/mol. The maximum Gasteiger partial charge on any atom is 0.501 e. The number of halogens is 3. The smallest absolute Gasteiger partial charge is 0.363 e. The van der Waals surface area contributed by atoms with Gasteiger partial charge in [-0.1, -0.05) is 29.4 Å². The number of aromatic nitrogens is 4. The van der Waals surface area contributed by atoms with Crippen LogP contribution >= 0.6 is 0 Å². The van der Waals surface area contributed by atoms with Gasteiger partial charge in [0.1, 0.15) is 0 Å². The van der Waals surface area contributed by atoms with E-state index in [1.165, 1.54) is 12.1 Å². The molecule has 0 aliphatic heterocycles. The van der Waals surface area contributed by atoms with E-state index in [0.717, 1.165) is 29.0 Å². The van der Waals surface area contributed by atoms with E-state index in [-0.39, 0.29) is 17.3 Å². The predicted molar refractivity (Wildman–Crippen MR) is 129 cm³/mol. The molecule has 0 saturated heterocycles. The molecule has 1 aliphatic carbocycles. The van der Waals surface area contributed by atoms with Crippen LogP contribution in [0, 0.1) is 6.92 Å². The van der Waals surface area contributed by atoms with Gasteiger partial charge in [0.2, 0.25) is 5.82 Å². The van der Waals surface area contributed by atoms with Crippen molar-refractivity contribution >= 4 is 9.84 Å². The number of rotatable bonds is 7. The molecule has 0 amide bonds. The van der Waals surface area contributed by atoms with Gasteiger partial charge < -0.3 is 9.63 Å². The van der Waals surface area contributed by atoms with Crippen LogP contribution in [0.4, 0.5) is 13.2 Å². The fraction of sp³-hybridized carbons (Fsp3) is 0.292. The highest BCUT2D eigenvalue weighted by Gasteiger charge is 2.56. The quantitative estimate of drug-likeness (QED) is 0.295. The van der Waals surface area contributed by atoms with E-state index in [2.05, 4.69) is 15.2 Å². The van der Waals surface area contributed by atoms with Gasteiger partial charge in [-0.15, -0.1) is 0 Å². The number of sulfone groups is 1. The Morgan fingerprint density at radius 3 is 2.39 bits per heavy atom. The Bertz CT molecular complexity index is 1600. The van der Waals surface area contributed by atoms with Crippen molar-refractivity contribution in [3.05, 3.63) is 71.4 Å². The Balaban J connectivity index is 1.35. The van der Waals surface area contributed by atoms with Gasteiger partial charge in [-0.3, -0.25) is 16.1 Å². The molecule has 1 aliphatic rings. The SMILES string of the molecule is Cc1cc(-c2nc(-c3ccc(S(=O)(=O)C(F)(F)F)cc3)no2)nn1Cc1cccc(C2(C(N)(N)O)CC2)c1. The summed E-state index contributed by atoms with van der Waals surface area (Å²) in [5, 5.41) is 18.6. The van der Waals surface area contributed by atoms with Crippen LogP contribution in [0.2, 0.25) is 0 Å². The van der Waals surface area contributed by atoms with Crippen molar-refractivity contribution < 1.29 is 31.2 Å². The Morgan fingerprint density at radius 1 is 1.11 bits per heavy atom. The van der Waals surface area contributed by atoms with Crippen LogP contribution in [0.3, 0.4) is 0 Å². The minimum absolute atomic E-state index is 0.0571. The highest BCUT2D eigenvalue weighted by Crippen LogP contribution is 2.52. The molecule has 10 nitrogen and oxygen atoms in total. The van der Waals surface area contributed by atoms with Crippen molar-refractivity contribution in [3.63, 3.8) is 0 Å². The normalized spacial score (nSPS) is 15.6. The first-order chi connectivity index (χ1) is 17.7. The molecule has 0 radical (unpaired) electrons. The number of benzene rings is 2. The van der Waals surface area contributed by atoms with Gasteiger partial charge >= 0.3 is 5.51 Å². The number of hydrogen-bond donors (Lipinski definition) is 3. The molecule has 0 spiro atoms. The summed E-state index contributed by atoms with van der Waals surface area (Å²) in [5.74, 6) is -1.68. The van der Waals surface area contributed by atoms with Gasteiger partial charge in [0.15, 0.2) is 11.5 Å². The third-order valence-corrected chi connectivity index (χ3v) is 8.18. The molecule has 2 aromatic carbocycles. The number of alkyl halides is 3. The number of nitrogens with two attached hydrogens (primary N) is 2. The summed E-state index contributed by atoms with van der Waals surface area (Å²) in [6.07, 6.45) is 1.37. The van der Waals surface area contributed by atoms with Crippen LogP contribution in [-0.4, -0.2) is 44.8 Å². The van der Waals surface area contributed by atoms with Crippen LogP contribution in [0.1, 0.15) is 29.7 Å². The lowest BCUT2D eigenvalue weighted by atomic mass is 9.89. The lowest BCUT2D eigenvalue weighted by molar-refractivity contribution is -0.0436. The lowest BCUT2D eigenvalue weighted by Gasteiger charge is -2.29. The second kappa shape index (κ2) is 8.73. The van der Waals surface area contributed by atoms with E-state index in [9.17, 15) is 26.7 Å². The molecule has 1 fully saturated rings. The van der Waals surface area contributed by atoms with E-state index in [4.69, 9.17) is 16.0 Å². The second-order valence-electron chi connectivity index (χ2n) is 9.33. The lowest BCUT2D eigenvalue weighted by Crippen LogP contribution is -2.58. The van der Waals surface area contributed by atoms with Crippen LogP contribution < -0.4 is 11.5 Å². The first-order valence-corrected chi connectivity index (χ1v) is 12.9. The average molecular weight is 549 g/mol. The van der Waals surface area contributed by atoms with E-state index in [1.807, 2.05) is 31.2 Å². The third kappa shape index (κ3) is 4.49. The molecule has 5 N–H and O–H groups in total. The Kier molecular flexibility index (Phi) is 5.98. The minimum Gasteiger partial charge on any atom is -0.363 e. The molecule has 1 saturated carbocycles. The van der Waals surface area contributed by atoms with E-state index >= 15 is 0 Å². The summed E-state index contributed by atoms with van der Waals surface area (Å²) in [4.78, 5) is 3.37. The second-order valence-corrected chi connectivity index (χ2v) is 11.3. The summed E-state index contributed by atoms with van der Waals surface area (Å²) in [7, 11) is -5.46. The predicted octanol–water partition coefficient (Wildman–Crippen LogP) is 2.85. The van der Waals surface area contributed by atoms with Crippen molar-refractivity contribution in [2.45, 2.75) is 48.0 Å². The zero-order valence-electron chi connectivity index (χ0n) is 20.0. The Hall–Kier alpha value is -3.59. The number of aryl methyl sites for hydroxylation is 1. The van der Waals surface area contributed by atoms with Crippen LogP contribution in [0.25, 0.3) is 23.0 Å². The summed E-state index contributed by atoms with van der Waals surface area (Å²) in [6.45, 7) is 2.25. The zero-order valence-corrected chi connectivity index (χ0v) is 20.8. The maximum absolute atomic E-state index is 12.8.